The van der Waals surface area contributed by atoms with Crippen LogP contribution in [-0.4, -0.2) is 18.8 Å². The van der Waals surface area contributed by atoms with Crippen LogP contribution >= 0.6 is 11.6 Å². The van der Waals surface area contributed by atoms with Gasteiger partial charge in [0.25, 0.3) is 0 Å². The molecule has 0 spiro atoms. The summed E-state index contributed by atoms with van der Waals surface area (Å²) in [5, 5.41) is 3.61. The maximum absolute atomic E-state index is 13.4. The number of nitrogens with two attached hydrogens (primary N) is 1. The molecule has 78 valence electrons. The number of benzene rings is 1. The summed E-state index contributed by atoms with van der Waals surface area (Å²) < 4.78 is 13.4. The molecule has 0 amide bonds. The van der Waals surface area contributed by atoms with E-state index in [1.165, 1.54) is 6.92 Å². The number of alkyl halides is 1. The smallest absolute Gasteiger partial charge is 0.137 e. The first-order chi connectivity index (χ1) is 6.53. The third kappa shape index (κ3) is 3.52. The standard InChI is InChI=1S/C10H14ClFN2/c1-10(12,6-13)7-14-9-4-2-8(11)3-5-9/h2-5,14H,6-7,13H2,1H3. The van der Waals surface area contributed by atoms with Gasteiger partial charge < -0.3 is 11.1 Å². The van der Waals surface area contributed by atoms with Gasteiger partial charge in [-0.15, -0.1) is 0 Å². The van der Waals surface area contributed by atoms with Crippen molar-refractivity contribution in [1.82, 2.24) is 0 Å². The van der Waals surface area contributed by atoms with Crippen molar-refractivity contribution in [3.8, 4) is 0 Å². The van der Waals surface area contributed by atoms with Crippen LogP contribution in [0.5, 0.6) is 0 Å². The van der Waals surface area contributed by atoms with Gasteiger partial charge in [0.05, 0.1) is 0 Å². The highest BCUT2D eigenvalue weighted by atomic mass is 35.5. The zero-order chi connectivity index (χ0) is 10.6. The first kappa shape index (κ1) is 11.3. The van der Waals surface area contributed by atoms with Crippen LogP contribution in [0.1, 0.15) is 6.92 Å². The zero-order valence-electron chi connectivity index (χ0n) is 8.06. The first-order valence-corrected chi connectivity index (χ1v) is 4.80. The molecule has 14 heavy (non-hydrogen) atoms. The van der Waals surface area contributed by atoms with E-state index in [1.807, 2.05) is 0 Å². The molecule has 4 heteroatoms. The molecule has 0 aromatic heterocycles. The minimum Gasteiger partial charge on any atom is -0.382 e. The van der Waals surface area contributed by atoms with E-state index in [1.54, 1.807) is 24.3 Å². The van der Waals surface area contributed by atoms with E-state index >= 15 is 0 Å². The lowest BCUT2D eigenvalue weighted by molar-refractivity contribution is 0.217. The first-order valence-electron chi connectivity index (χ1n) is 4.42. The van der Waals surface area contributed by atoms with Crippen LogP contribution in [-0.2, 0) is 0 Å². The van der Waals surface area contributed by atoms with E-state index < -0.39 is 5.67 Å². The fourth-order valence-corrected chi connectivity index (χ4v) is 1.05. The molecule has 0 saturated carbocycles. The average molecular weight is 217 g/mol. The highest BCUT2D eigenvalue weighted by Gasteiger charge is 2.19. The molecular formula is C10H14ClFN2. The van der Waals surface area contributed by atoms with E-state index in [9.17, 15) is 4.39 Å². The van der Waals surface area contributed by atoms with E-state index in [-0.39, 0.29) is 13.1 Å². The lowest BCUT2D eigenvalue weighted by Crippen LogP contribution is -2.36. The molecule has 1 aromatic rings. The Hall–Kier alpha value is -0.800. The van der Waals surface area contributed by atoms with Crippen LogP contribution in [0, 0.1) is 0 Å². The van der Waals surface area contributed by atoms with Crippen LogP contribution in [0.3, 0.4) is 0 Å². The van der Waals surface area contributed by atoms with Crippen LogP contribution in [0.4, 0.5) is 10.1 Å². The molecule has 0 bridgehead atoms. The summed E-state index contributed by atoms with van der Waals surface area (Å²) in [6, 6.07) is 7.10. The second kappa shape index (κ2) is 4.62. The molecule has 0 aliphatic heterocycles. The van der Waals surface area contributed by atoms with Gasteiger partial charge in [-0.1, -0.05) is 11.6 Å². The van der Waals surface area contributed by atoms with E-state index in [4.69, 9.17) is 17.3 Å². The number of hydrogen-bond donors (Lipinski definition) is 2. The molecule has 0 saturated heterocycles. The Bertz CT molecular complexity index is 285. The largest absolute Gasteiger partial charge is 0.382 e. The van der Waals surface area contributed by atoms with Gasteiger partial charge in [0, 0.05) is 23.8 Å². The lowest BCUT2D eigenvalue weighted by atomic mass is 10.1. The molecule has 0 radical (unpaired) electrons. The predicted molar refractivity (Wildman–Crippen MR) is 58.5 cm³/mol. The van der Waals surface area contributed by atoms with Crippen molar-refractivity contribution in [2.24, 2.45) is 5.73 Å². The van der Waals surface area contributed by atoms with Crippen molar-refractivity contribution in [3.63, 3.8) is 0 Å². The van der Waals surface area contributed by atoms with Gasteiger partial charge >= 0.3 is 0 Å². The molecular weight excluding hydrogens is 203 g/mol. The Labute approximate surface area is 88.2 Å². The summed E-state index contributed by atoms with van der Waals surface area (Å²) in [5.41, 5.74) is 4.72. The Morgan fingerprint density at radius 3 is 2.50 bits per heavy atom. The van der Waals surface area contributed by atoms with E-state index in [2.05, 4.69) is 5.32 Å². The second-order valence-electron chi connectivity index (χ2n) is 3.48. The molecule has 3 N–H and O–H groups in total. The molecule has 0 aliphatic rings. The Morgan fingerprint density at radius 2 is 2.00 bits per heavy atom. The number of nitrogens with one attached hydrogen (secondary N) is 1. The van der Waals surface area contributed by atoms with E-state index in [0.29, 0.717) is 5.02 Å². The Morgan fingerprint density at radius 1 is 1.43 bits per heavy atom. The number of rotatable bonds is 4. The monoisotopic (exact) mass is 216 g/mol. The SMILES string of the molecule is CC(F)(CN)CNc1ccc(Cl)cc1. The molecule has 2 nitrogen and oxygen atoms in total. The highest BCUT2D eigenvalue weighted by Crippen LogP contribution is 2.15. The van der Waals surface area contributed by atoms with Crippen molar-refractivity contribution >= 4 is 17.3 Å². The maximum Gasteiger partial charge on any atom is 0.137 e. The van der Waals surface area contributed by atoms with Crippen molar-refractivity contribution in [2.75, 3.05) is 18.4 Å². The minimum atomic E-state index is -1.38. The number of hydrogen-bond acceptors (Lipinski definition) is 2. The third-order valence-corrected chi connectivity index (χ3v) is 2.18. The fourth-order valence-electron chi connectivity index (χ4n) is 0.926. The number of halogens is 2. The molecule has 0 fully saturated rings. The van der Waals surface area contributed by atoms with Crippen LogP contribution in [0.25, 0.3) is 0 Å². The summed E-state index contributed by atoms with van der Waals surface area (Å²) in [4.78, 5) is 0. The Balaban J connectivity index is 2.50. The van der Waals surface area contributed by atoms with Crippen LogP contribution in [0.15, 0.2) is 24.3 Å². The van der Waals surface area contributed by atoms with Crippen molar-refractivity contribution in [2.45, 2.75) is 12.6 Å². The zero-order valence-corrected chi connectivity index (χ0v) is 8.81. The van der Waals surface area contributed by atoms with Crippen LogP contribution in [0.2, 0.25) is 5.02 Å². The van der Waals surface area contributed by atoms with Gasteiger partial charge in [-0.3, -0.25) is 0 Å². The third-order valence-electron chi connectivity index (χ3n) is 1.93. The summed E-state index contributed by atoms with van der Waals surface area (Å²) in [6.07, 6.45) is 0. The lowest BCUT2D eigenvalue weighted by Gasteiger charge is -2.19. The maximum atomic E-state index is 13.4. The van der Waals surface area contributed by atoms with E-state index in [0.717, 1.165) is 5.69 Å². The highest BCUT2D eigenvalue weighted by molar-refractivity contribution is 6.30. The summed E-state index contributed by atoms with van der Waals surface area (Å²) in [5.74, 6) is 0. The molecule has 1 unspecified atom stereocenters. The van der Waals surface area contributed by atoms with Gasteiger partial charge in [0.1, 0.15) is 5.67 Å². The van der Waals surface area contributed by atoms with Gasteiger partial charge in [0.15, 0.2) is 0 Å². The second-order valence-corrected chi connectivity index (χ2v) is 3.91. The summed E-state index contributed by atoms with van der Waals surface area (Å²) in [7, 11) is 0. The van der Waals surface area contributed by atoms with Gasteiger partial charge in [0.2, 0.25) is 0 Å². The van der Waals surface area contributed by atoms with Crippen LogP contribution < -0.4 is 11.1 Å². The molecule has 1 rings (SSSR count). The van der Waals surface area contributed by atoms with Gasteiger partial charge in [-0.25, -0.2) is 4.39 Å². The summed E-state index contributed by atoms with van der Waals surface area (Å²) in [6.45, 7) is 1.68. The quantitative estimate of drug-likeness (QED) is 0.812. The van der Waals surface area contributed by atoms with Crippen molar-refractivity contribution in [1.29, 1.82) is 0 Å². The predicted octanol–water partition coefficient (Wildman–Crippen LogP) is 2.44. The summed E-state index contributed by atoms with van der Waals surface area (Å²) >= 11 is 5.71. The molecule has 0 aliphatic carbocycles. The van der Waals surface area contributed by atoms with Gasteiger partial charge in [-0.2, -0.15) is 0 Å². The topological polar surface area (TPSA) is 38.0 Å². The van der Waals surface area contributed by atoms with Crippen molar-refractivity contribution in [3.05, 3.63) is 29.3 Å². The Kier molecular flexibility index (Phi) is 3.72. The fraction of sp³-hybridized carbons (Fsp3) is 0.400. The van der Waals surface area contributed by atoms with Gasteiger partial charge in [-0.05, 0) is 31.2 Å². The molecule has 1 aromatic carbocycles. The number of anilines is 1. The molecule has 1 atom stereocenters. The minimum absolute atomic E-state index is 0.00753. The molecule has 0 heterocycles. The van der Waals surface area contributed by atoms with Crippen molar-refractivity contribution < 1.29 is 4.39 Å². The normalized spacial score (nSPS) is 14.9. The average Bonchev–Trinajstić information content (AvgIpc) is 2.17.